The molecule has 0 spiro atoms. The second-order valence-electron chi connectivity index (χ2n) is 6.82. The van der Waals surface area contributed by atoms with E-state index >= 15 is 0 Å². The maximum atomic E-state index is 13.0. The van der Waals surface area contributed by atoms with Crippen LogP contribution in [0.3, 0.4) is 0 Å². The van der Waals surface area contributed by atoms with E-state index in [4.69, 9.17) is 0 Å². The summed E-state index contributed by atoms with van der Waals surface area (Å²) in [5, 5.41) is 3.36. The molecule has 122 valence electrons. The SMILES string of the molecule is O=S(=O)(N1CCCCCC1)N(CC1CCNCC1)C1CC1. The number of hydrogen-bond donors (Lipinski definition) is 1. The van der Waals surface area contributed by atoms with Crippen LogP contribution in [0.4, 0.5) is 0 Å². The van der Waals surface area contributed by atoms with E-state index in [0.29, 0.717) is 5.92 Å². The zero-order chi connectivity index (χ0) is 14.7. The minimum Gasteiger partial charge on any atom is -0.317 e. The van der Waals surface area contributed by atoms with Gasteiger partial charge in [-0.05, 0) is 57.5 Å². The van der Waals surface area contributed by atoms with Gasteiger partial charge in [0.2, 0.25) is 0 Å². The highest BCUT2D eigenvalue weighted by molar-refractivity contribution is 7.86. The van der Waals surface area contributed by atoms with Gasteiger partial charge in [0.15, 0.2) is 0 Å². The van der Waals surface area contributed by atoms with Gasteiger partial charge in [0.25, 0.3) is 10.2 Å². The lowest BCUT2D eigenvalue weighted by atomic mass is 9.98. The smallest absolute Gasteiger partial charge is 0.282 e. The number of piperidine rings is 1. The van der Waals surface area contributed by atoms with Gasteiger partial charge in [0, 0.05) is 25.7 Å². The number of nitrogens with one attached hydrogen (secondary N) is 1. The first-order chi connectivity index (χ1) is 10.2. The second-order valence-corrected chi connectivity index (χ2v) is 8.70. The maximum Gasteiger partial charge on any atom is 0.282 e. The third kappa shape index (κ3) is 3.97. The molecule has 3 aliphatic rings. The molecule has 0 bridgehead atoms. The predicted molar refractivity (Wildman–Crippen MR) is 84.3 cm³/mol. The van der Waals surface area contributed by atoms with Crippen molar-refractivity contribution < 1.29 is 8.42 Å². The van der Waals surface area contributed by atoms with Gasteiger partial charge in [-0.15, -0.1) is 0 Å². The summed E-state index contributed by atoms with van der Waals surface area (Å²) in [6.45, 7) is 4.25. The summed E-state index contributed by atoms with van der Waals surface area (Å²) >= 11 is 0. The molecule has 0 aromatic rings. The molecule has 0 radical (unpaired) electrons. The fourth-order valence-electron chi connectivity index (χ4n) is 3.53. The van der Waals surface area contributed by atoms with E-state index < -0.39 is 10.2 Å². The molecule has 1 saturated carbocycles. The van der Waals surface area contributed by atoms with Crippen LogP contribution in [-0.2, 0) is 10.2 Å². The third-order valence-corrected chi connectivity index (χ3v) is 7.10. The van der Waals surface area contributed by atoms with E-state index in [1.165, 1.54) is 12.8 Å². The van der Waals surface area contributed by atoms with E-state index in [2.05, 4.69) is 5.32 Å². The van der Waals surface area contributed by atoms with Gasteiger partial charge in [-0.2, -0.15) is 17.0 Å². The molecule has 1 N–H and O–H groups in total. The van der Waals surface area contributed by atoms with Crippen LogP contribution in [0.25, 0.3) is 0 Å². The summed E-state index contributed by atoms with van der Waals surface area (Å²) in [6.07, 6.45) is 8.71. The molecular weight excluding hydrogens is 286 g/mol. The Bertz CT molecular complexity index is 422. The molecule has 0 aromatic heterocycles. The van der Waals surface area contributed by atoms with Crippen molar-refractivity contribution >= 4 is 10.2 Å². The van der Waals surface area contributed by atoms with Crippen LogP contribution in [0, 0.1) is 5.92 Å². The van der Waals surface area contributed by atoms with Crippen LogP contribution >= 0.6 is 0 Å². The lowest BCUT2D eigenvalue weighted by Crippen LogP contribution is -2.48. The summed E-state index contributed by atoms with van der Waals surface area (Å²) < 4.78 is 29.7. The predicted octanol–water partition coefficient (Wildman–Crippen LogP) is 1.57. The van der Waals surface area contributed by atoms with Crippen molar-refractivity contribution in [2.24, 2.45) is 5.92 Å². The zero-order valence-electron chi connectivity index (χ0n) is 13.0. The highest BCUT2D eigenvalue weighted by atomic mass is 32.2. The lowest BCUT2D eigenvalue weighted by molar-refractivity contribution is 0.264. The van der Waals surface area contributed by atoms with E-state index in [9.17, 15) is 8.42 Å². The third-order valence-electron chi connectivity index (χ3n) is 5.04. The minimum absolute atomic E-state index is 0.285. The first-order valence-electron chi connectivity index (χ1n) is 8.65. The molecule has 21 heavy (non-hydrogen) atoms. The van der Waals surface area contributed by atoms with Crippen LogP contribution in [-0.4, -0.2) is 55.8 Å². The molecule has 2 heterocycles. The van der Waals surface area contributed by atoms with Gasteiger partial charge in [-0.1, -0.05) is 12.8 Å². The topological polar surface area (TPSA) is 52.7 Å². The molecule has 0 unspecified atom stereocenters. The van der Waals surface area contributed by atoms with Crippen molar-refractivity contribution in [3.05, 3.63) is 0 Å². The lowest BCUT2D eigenvalue weighted by Gasteiger charge is -2.33. The Morgan fingerprint density at radius 2 is 1.57 bits per heavy atom. The Balaban J connectivity index is 1.69. The van der Waals surface area contributed by atoms with E-state index in [1.54, 1.807) is 4.31 Å². The van der Waals surface area contributed by atoms with Crippen molar-refractivity contribution in [1.82, 2.24) is 13.9 Å². The van der Waals surface area contributed by atoms with Crippen molar-refractivity contribution in [3.8, 4) is 0 Å². The van der Waals surface area contributed by atoms with Gasteiger partial charge in [-0.25, -0.2) is 0 Å². The summed E-state index contributed by atoms with van der Waals surface area (Å²) in [5.74, 6) is 0.536. The molecule has 6 heteroatoms. The van der Waals surface area contributed by atoms with E-state index in [-0.39, 0.29) is 6.04 Å². The first kappa shape index (κ1) is 15.7. The largest absolute Gasteiger partial charge is 0.317 e. The highest BCUT2D eigenvalue weighted by Crippen LogP contribution is 2.33. The average molecular weight is 315 g/mol. The Kier molecular flexibility index (Phi) is 5.19. The standard InChI is InChI=1S/C15H29N3O2S/c19-21(20,17-11-3-1-2-4-12-17)18(15-5-6-15)13-14-7-9-16-10-8-14/h14-16H,1-13H2. The van der Waals surface area contributed by atoms with Crippen LogP contribution in [0.2, 0.25) is 0 Å². The minimum atomic E-state index is -3.24. The first-order valence-corrected chi connectivity index (χ1v) is 10.1. The van der Waals surface area contributed by atoms with Crippen LogP contribution < -0.4 is 5.32 Å². The molecule has 5 nitrogen and oxygen atoms in total. The maximum absolute atomic E-state index is 13.0. The van der Waals surface area contributed by atoms with Crippen molar-refractivity contribution in [3.63, 3.8) is 0 Å². The fourth-order valence-corrected chi connectivity index (χ4v) is 5.54. The Hall–Kier alpha value is -0.170. The van der Waals surface area contributed by atoms with Crippen LogP contribution in [0.15, 0.2) is 0 Å². The van der Waals surface area contributed by atoms with Crippen molar-refractivity contribution in [2.45, 2.75) is 57.4 Å². The molecule has 2 aliphatic heterocycles. The number of rotatable bonds is 5. The molecular formula is C15H29N3O2S. The Morgan fingerprint density at radius 1 is 0.952 bits per heavy atom. The van der Waals surface area contributed by atoms with Crippen LogP contribution in [0.5, 0.6) is 0 Å². The fraction of sp³-hybridized carbons (Fsp3) is 1.00. The number of hydrogen-bond acceptors (Lipinski definition) is 3. The molecule has 1 aliphatic carbocycles. The van der Waals surface area contributed by atoms with Crippen LogP contribution in [0.1, 0.15) is 51.4 Å². The number of nitrogens with zero attached hydrogens (tertiary/aromatic N) is 2. The summed E-state index contributed by atoms with van der Waals surface area (Å²) in [4.78, 5) is 0. The molecule has 3 fully saturated rings. The van der Waals surface area contributed by atoms with Crippen molar-refractivity contribution in [1.29, 1.82) is 0 Å². The van der Waals surface area contributed by atoms with Gasteiger partial charge in [0.1, 0.15) is 0 Å². The molecule has 0 aromatic carbocycles. The summed E-state index contributed by atoms with van der Waals surface area (Å²) in [5.41, 5.74) is 0. The van der Waals surface area contributed by atoms with Gasteiger partial charge >= 0.3 is 0 Å². The monoisotopic (exact) mass is 315 g/mol. The highest BCUT2D eigenvalue weighted by Gasteiger charge is 2.41. The summed E-state index contributed by atoms with van der Waals surface area (Å²) in [7, 11) is -3.24. The van der Waals surface area contributed by atoms with E-state index in [0.717, 1.165) is 71.2 Å². The van der Waals surface area contributed by atoms with Crippen molar-refractivity contribution in [2.75, 3.05) is 32.7 Å². The molecule has 0 atom stereocenters. The Labute approximate surface area is 129 Å². The quantitative estimate of drug-likeness (QED) is 0.838. The zero-order valence-corrected chi connectivity index (χ0v) is 13.8. The molecule has 0 amide bonds. The molecule has 3 rings (SSSR count). The summed E-state index contributed by atoms with van der Waals surface area (Å²) in [6, 6.07) is 0.285. The van der Waals surface area contributed by atoms with Gasteiger partial charge < -0.3 is 5.32 Å². The molecule has 2 saturated heterocycles. The Morgan fingerprint density at radius 3 is 2.14 bits per heavy atom. The normalized spacial score (nSPS) is 26.9. The van der Waals surface area contributed by atoms with E-state index in [1.807, 2.05) is 4.31 Å². The van der Waals surface area contributed by atoms with Gasteiger partial charge in [-0.3, -0.25) is 0 Å². The average Bonchev–Trinajstić information content (AvgIpc) is 3.32. The second kappa shape index (κ2) is 6.94. The van der Waals surface area contributed by atoms with Gasteiger partial charge in [0.05, 0.1) is 0 Å².